The minimum absolute atomic E-state index is 0.0534. The fourth-order valence-electron chi connectivity index (χ4n) is 1.22. The molecule has 0 aromatic heterocycles. The number of hydrogen-bond acceptors (Lipinski definition) is 5. The van der Waals surface area contributed by atoms with Crippen LogP contribution in [0.3, 0.4) is 0 Å². The van der Waals surface area contributed by atoms with Gasteiger partial charge in [0.15, 0.2) is 0 Å². The van der Waals surface area contributed by atoms with E-state index in [9.17, 15) is 19.5 Å². The Kier molecular flexibility index (Phi) is 3.82. The topological polar surface area (TPSA) is 110 Å². The summed E-state index contributed by atoms with van der Waals surface area (Å²) in [6.45, 7) is 1.75. The average Bonchev–Trinajstić information content (AvgIpc) is 2.28. The molecule has 0 spiro atoms. The van der Waals surface area contributed by atoms with Crippen molar-refractivity contribution in [3.05, 3.63) is 34.9 Å². The molecule has 2 N–H and O–H groups in total. The minimum atomic E-state index is -1.50. The lowest BCUT2D eigenvalue weighted by atomic mass is 10.1. The molecule has 6 nitrogen and oxygen atoms in total. The molecule has 6 heteroatoms. The van der Waals surface area contributed by atoms with Gasteiger partial charge < -0.3 is 20.4 Å². The van der Waals surface area contributed by atoms with Gasteiger partial charge in [0.05, 0.1) is 18.1 Å². The van der Waals surface area contributed by atoms with Gasteiger partial charge in [-0.3, -0.25) is 4.79 Å². The molecule has 0 saturated heterocycles. The van der Waals surface area contributed by atoms with Crippen molar-refractivity contribution in [3.63, 3.8) is 0 Å². The Morgan fingerprint density at radius 2 is 1.71 bits per heavy atom. The molecule has 0 aliphatic heterocycles. The van der Waals surface area contributed by atoms with E-state index in [-0.39, 0.29) is 23.3 Å². The number of carboxylic acids is 1. The third-order valence-electron chi connectivity index (χ3n) is 1.96. The molecule has 0 atom stereocenters. The molecule has 0 unspecified atom stereocenters. The lowest BCUT2D eigenvalue weighted by molar-refractivity contribution is -0.255. The summed E-state index contributed by atoms with van der Waals surface area (Å²) in [5.41, 5.74) is 4.58. The van der Waals surface area contributed by atoms with Crippen LogP contribution in [-0.4, -0.2) is 24.5 Å². The molecule has 1 aromatic carbocycles. The number of nitrogens with two attached hydrogens (primary N) is 1. The van der Waals surface area contributed by atoms with Crippen molar-refractivity contribution in [1.82, 2.24) is 0 Å². The van der Waals surface area contributed by atoms with Crippen molar-refractivity contribution >= 4 is 17.8 Å². The van der Waals surface area contributed by atoms with Crippen LogP contribution in [0.5, 0.6) is 0 Å². The summed E-state index contributed by atoms with van der Waals surface area (Å²) in [6, 6.07) is 3.28. The Bertz CT molecular complexity index is 449. The summed E-state index contributed by atoms with van der Waals surface area (Å²) in [5.74, 6) is -3.06. The number of primary amides is 1. The molecule has 0 radical (unpaired) electrons. The minimum Gasteiger partial charge on any atom is -0.545 e. The summed E-state index contributed by atoms with van der Waals surface area (Å²) in [6.07, 6.45) is 0. The zero-order chi connectivity index (χ0) is 13.0. The monoisotopic (exact) mass is 236 g/mol. The highest BCUT2D eigenvalue weighted by molar-refractivity contribution is 6.00. The van der Waals surface area contributed by atoms with Crippen molar-refractivity contribution in [2.45, 2.75) is 6.92 Å². The van der Waals surface area contributed by atoms with Gasteiger partial charge in [-0.25, -0.2) is 4.79 Å². The second-order valence-electron chi connectivity index (χ2n) is 3.17. The van der Waals surface area contributed by atoms with Gasteiger partial charge in [-0.05, 0) is 30.7 Å². The number of benzene rings is 1. The maximum atomic E-state index is 11.4. The van der Waals surface area contributed by atoms with E-state index in [4.69, 9.17) is 10.5 Å². The van der Waals surface area contributed by atoms with Crippen molar-refractivity contribution < 1.29 is 24.2 Å². The third kappa shape index (κ3) is 3.04. The van der Waals surface area contributed by atoms with Crippen LogP contribution in [0, 0.1) is 0 Å². The maximum Gasteiger partial charge on any atom is 0.338 e. The molecular weight excluding hydrogens is 226 g/mol. The van der Waals surface area contributed by atoms with Crippen LogP contribution in [0.1, 0.15) is 38.0 Å². The molecule has 17 heavy (non-hydrogen) atoms. The fraction of sp³-hybridized carbons (Fsp3) is 0.182. The van der Waals surface area contributed by atoms with Crippen molar-refractivity contribution in [2.75, 3.05) is 6.61 Å². The van der Waals surface area contributed by atoms with Gasteiger partial charge >= 0.3 is 5.97 Å². The van der Waals surface area contributed by atoms with Gasteiger partial charge in [0.2, 0.25) is 5.91 Å². The fourth-order valence-corrected chi connectivity index (χ4v) is 1.22. The highest BCUT2D eigenvalue weighted by Crippen LogP contribution is 2.11. The van der Waals surface area contributed by atoms with Crippen molar-refractivity contribution in [2.24, 2.45) is 5.73 Å². The highest BCUT2D eigenvalue weighted by atomic mass is 16.5. The molecule has 0 fully saturated rings. The molecule has 1 amide bonds. The summed E-state index contributed by atoms with van der Waals surface area (Å²) in [5, 5.41) is 10.7. The molecule has 0 heterocycles. The molecule has 0 bridgehead atoms. The van der Waals surface area contributed by atoms with Crippen LogP contribution in [0.25, 0.3) is 0 Å². The van der Waals surface area contributed by atoms with Crippen LogP contribution in [0.4, 0.5) is 0 Å². The first-order chi connectivity index (χ1) is 7.95. The molecular formula is C11H10NO5-. The largest absolute Gasteiger partial charge is 0.545 e. The number of hydrogen-bond donors (Lipinski definition) is 1. The Labute approximate surface area is 97.0 Å². The lowest BCUT2D eigenvalue weighted by Crippen LogP contribution is -2.24. The number of carboxylic acid groups (broad SMARTS) is 1. The average molecular weight is 236 g/mol. The lowest BCUT2D eigenvalue weighted by Gasteiger charge is -2.08. The summed E-state index contributed by atoms with van der Waals surface area (Å²) in [4.78, 5) is 33.1. The number of carbonyl (C=O) groups is 3. The van der Waals surface area contributed by atoms with Crippen molar-refractivity contribution in [1.29, 1.82) is 0 Å². The van der Waals surface area contributed by atoms with E-state index in [1.54, 1.807) is 6.92 Å². The predicted molar refractivity (Wildman–Crippen MR) is 55.2 cm³/mol. The molecule has 0 aliphatic carbocycles. The van der Waals surface area contributed by atoms with E-state index < -0.39 is 17.8 Å². The van der Waals surface area contributed by atoms with E-state index in [0.717, 1.165) is 12.1 Å². The number of amides is 1. The smallest absolute Gasteiger partial charge is 0.338 e. The van der Waals surface area contributed by atoms with Crippen LogP contribution >= 0.6 is 0 Å². The molecule has 1 aromatic rings. The summed E-state index contributed by atoms with van der Waals surface area (Å²) < 4.78 is 4.69. The Morgan fingerprint density at radius 3 is 2.18 bits per heavy atom. The number of rotatable bonds is 4. The second kappa shape index (κ2) is 5.11. The van der Waals surface area contributed by atoms with Gasteiger partial charge in [0, 0.05) is 5.56 Å². The Morgan fingerprint density at radius 1 is 1.18 bits per heavy atom. The van der Waals surface area contributed by atoms with Crippen molar-refractivity contribution in [3.8, 4) is 0 Å². The standard InChI is InChI=1S/C11H11NO5/c1-2-17-11(16)8-4-6(9(12)13)3-7(5-8)10(14)15/h3-5H,2H2,1H3,(H2,12,13)(H,14,15)/p-1. The van der Waals surface area contributed by atoms with Gasteiger partial charge in [-0.2, -0.15) is 0 Å². The molecule has 1 rings (SSSR count). The van der Waals surface area contributed by atoms with E-state index in [1.165, 1.54) is 6.07 Å². The first-order valence-corrected chi connectivity index (χ1v) is 4.79. The van der Waals surface area contributed by atoms with E-state index in [2.05, 4.69) is 0 Å². The maximum absolute atomic E-state index is 11.4. The third-order valence-corrected chi connectivity index (χ3v) is 1.96. The number of aromatic carboxylic acids is 1. The van der Waals surface area contributed by atoms with Gasteiger partial charge in [0.25, 0.3) is 0 Å². The quantitative estimate of drug-likeness (QED) is 0.697. The predicted octanol–water partition coefficient (Wildman–Crippen LogP) is -0.674. The summed E-state index contributed by atoms with van der Waals surface area (Å²) >= 11 is 0. The van der Waals surface area contributed by atoms with Crippen LogP contribution in [0.2, 0.25) is 0 Å². The first-order valence-electron chi connectivity index (χ1n) is 4.79. The molecule has 0 aliphatic rings. The number of carbonyl (C=O) groups excluding carboxylic acids is 3. The van der Waals surface area contributed by atoms with E-state index >= 15 is 0 Å². The zero-order valence-electron chi connectivity index (χ0n) is 9.06. The van der Waals surface area contributed by atoms with Crippen LogP contribution in [0.15, 0.2) is 18.2 Å². The van der Waals surface area contributed by atoms with Crippen LogP contribution < -0.4 is 10.8 Å². The molecule has 0 saturated carbocycles. The summed E-state index contributed by atoms with van der Waals surface area (Å²) in [7, 11) is 0. The van der Waals surface area contributed by atoms with Gasteiger partial charge in [-0.15, -0.1) is 0 Å². The van der Waals surface area contributed by atoms with Gasteiger partial charge in [-0.1, -0.05) is 0 Å². The zero-order valence-corrected chi connectivity index (χ0v) is 9.06. The SMILES string of the molecule is CCOC(=O)c1cc(C(N)=O)cc(C(=O)[O-])c1. The number of esters is 1. The number of ether oxygens (including phenoxy) is 1. The van der Waals surface area contributed by atoms with E-state index in [0.29, 0.717) is 0 Å². The van der Waals surface area contributed by atoms with Crippen LogP contribution in [-0.2, 0) is 4.74 Å². The highest BCUT2D eigenvalue weighted by Gasteiger charge is 2.12. The van der Waals surface area contributed by atoms with E-state index in [1.807, 2.05) is 0 Å². The normalized spacial score (nSPS) is 9.71. The van der Waals surface area contributed by atoms with Gasteiger partial charge in [0.1, 0.15) is 0 Å². The first kappa shape index (κ1) is 12.7. The Hall–Kier alpha value is -2.37. The second-order valence-corrected chi connectivity index (χ2v) is 3.17. The molecule has 90 valence electrons. The Balaban J connectivity index is 3.26.